The fourth-order valence-electron chi connectivity index (χ4n) is 6.63. The summed E-state index contributed by atoms with van der Waals surface area (Å²) < 4.78 is 6.07. The summed E-state index contributed by atoms with van der Waals surface area (Å²) in [4.78, 5) is 40.9. The van der Waals surface area contributed by atoms with Crippen molar-refractivity contribution in [3.8, 4) is 17.1 Å². The Balaban J connectivity index is 1.46. The van der Waals surface area contributed by atoms with Crippen LogP contribution in [0.2, 0.25) is 0 Å². The largest absolute Gasteiger partial charge is 0.510 e. The molecule has 4 aliphatic carbocycles. The highest BCUT2D eigenvalue weighted by Crippen LogP contribution is 2.53. The van der Waals surface area contributed by atoms with E-state index in [-0.39, 0.29) is 29.7 Å². The molecule has 1 fully saturated rings. The Morgan fingerprint density at radius 1 is 1.15 bits per heavy atom. The Morgan fingerprint density at radius 2 is 1.88 bits per heavy atom. The average Bonchev–Trinajstić information content (AvgIpc) is 3.60. The quantitative estimate of drug-likeness (QED) is 0.289. The van der Waals surface area contributed by atoms with Gasteiger partial charge in [-0.05, 0) is 75.5 Å². The predicted molar refractivity (Wildman–Crippen MR) is 141 cm³/mol. The van der Waals surface area contributed by atoms with Crippen molar-refractivity contribution in [1.82, 2.24) is 10.2 Å². The molecule has 210 valence electrons. The molecule has 4 aliphatic rings. The number of nitrogens with zero attached hydrogens (tertiary/aromatic N) is 1. The molecule has 1 saturated carbocycles. The number of hydrogen-bond donors (Lipinski definition) is 6. The highest BCUT2D eigenvalue weighted by Gasteiger charge is 2.63. The first-order valence-electron chi connectivity index (χ1n) is 13.3. The third-order valence-electron chi connectivity index (χ3n) is 8.68. The van der Waals surface area contributed by atoms with E-state index in [1.54, 1.807) is 26.2 Å². The Bertz CT molecular complexity index is 1530. The minimum Gasteiger partial charge on any atom is -0.510 e. The monoisotopic (exact) mass is 549 g/mol. The van der Waals surface area contributed by atoms with Crippen LogP contribution in [0.15, 0.2) is 51.3 Å². The van der Waals surface area contributed by atoms with Crippen molar-refractivity contribution in [2.24, 2.45) is 17.6 Å². The van der Waals surface area contributed by atoms with Crippen LogP contribution in [0.1, 0.15) is 40.9 Å². The topological polar surface area (TPSA) is 187 Å². The number of phenolic OH excluding ortho intramolecular Hbond substituents is 1. The first-order chi connectivity index (χ1) is 18.9. The summed E-state index contributed by atoms with van der Waals surface area (Å²) in [6, 6.07) is 6.16. The van der Waals surface area contributed by atoms with E-state index in [0.29, 0.717) is 29.5 Å². The maximum atomic E-state index is 13.9. The number of aliphatic hydroxyl groups is 3. The van der Waals surface area contributed by atoms with Gasteiger partial charge in [-0.1, -0.05) is 0 Å². The molecular formula is C29H31N3O8. The number of hydrogen-bond acceptors (Lipinski definition) is 10. The van der Waals surface area contributed by atoms with E-state index in [2.05, 4.69) is 5.32 Å². The summed E-state index contributed by atoms with van der Waals surface area (Å²) in [5, 5.41) is 48.1. The molecule has 6 rings (SSSR count). The predicted octanol–water partition coefficient (Wildman–Crippen LogP) is 1.63. The number of phenols is 1. The second kappa shape index (κ2) is 9.05. The minimum atomic E-state index is -2.66. The van der Waals surface area contributed by atoms with Crippen LogP contribution in [0, 0.1) is 11.8 Å². The number of nitrogens with two attached hydrogens (primary N) is 1. The van der Waals surface area contributed by atoms with Crippen molar-refractivity contribution >= 4 is 17.5 Å². The molecule has 0 saturated heterocycles. The number of aromatic hydroxyl groups is 1. The molecule has 7 N–H and O–H groups in total. The lowest BCUT2D eigenvalue weighted by Crippen LogP contribution is -2.63. The first kappa shape index (κ1) is 26.3. The minimum absolute atomic E-state index is 0.0234. The lowest BCUT2D eigenvalue weighted by atomic mass is 9.58. The number of nitrogens with one attached hydrogen (secondary N) is 1. The number of amides is 1. The maximum Gasteiger partial charge on any atom is 0.255 e. The second-order valence-corrected chi connectivity index (χ2v) is 11.4. The third kappa shape index (κ3) is 3.72. The van der Waals surface area contributed by atoms with Gasteiger partial charge in [-0.25, -0.2) is 0 Å². The molecular weight excluding hydrogens is 518 g/mol. The molecule has 0 bridgehead atoms. The number of allylic oxidation sites excluding steroid dienone is 1. The Labute approximate surface area is 229 Å². The van der Waals surface area contributed by atoms with Crippen LogP contribution in [0.25, 0.3) is 11.3 Å². The van der Waals surface area contributed by atoms with Gasteiger partial charge in [-0.15, -0.1) is 0 Å². The summed E-state index contributed by atoms with van der Waals surface area (Å²) in [7, 11) is 3.19. The van der Waals surface area contributed by atoms with Gasteiger partial charge < -0.3 is 35.9 Å². The SMILES string of the molecule is CN(C)C1C(O)=C(C(N)=O)C(=O)C2(O)C(O)=C3C(=O)c4c(O)ccc(-c5ccc(CNC6CC6)o5)c4CC3CC12. The number of aliphatic hydroxyl groups excluding tert-OH is 2. The van der Waals surface area contributed by atoms with Crippen molar-refractivity contribution in [2.75, 3.05) is 14.1 Å². The Hall–Kier alpha value is -3.93. The summed E-state index contributed by atoms with van der Waals surface area (Å²) in [6.45, 7) is 0.567. The smallest absolute Gasteiger partial charge is 0.255 e. The molecule has 11 nitrogen and oxygen atoms in total. The molecule has 1 aromatic heterocycles. The van der Waals surface area contributed by atoms with Gasteiger partial charge in [-0.2, -0.15) is 0 Å². The van der Waals surface area contributed by atoms with Crippen molar-refractivity contribution in [3.05, 3.63) is 63.8 Å². The highest BCUT2D eigenvalue weighted by atomic mass is 16.4. The van der Waals surface area contributed by atoms with Gasteiger partial charge in [0.25, 0.3) is 5.91 Å². The number of carbonyl (C=O) groups excluding carboxylic acids is 3. The Morgan fingerprint density at radius 3 is 2.52 bits per heavy atom. The van der Waals surface area contributed by atoms with Crippen LogP contribution in [-0.2, 0) is 22.6 Å². The van der Waals surface area contributed by atoms with Gasteiger partial charge in [0.15, 0.2) is 11.4 Å². The van der Waals surface area contributed by atoms with Crippen molar-refractivity contribution in [3.63, 3.8) is 0 Å². The fourth-order valence-corrected chi connectivity index (χ4v) is 6.63. The van der Waals surface area contributed by atoms with Gasteiger partial charge in [-0.3, -0.25) is 19.3 Å². The molecule has 2 aromatic rings. The van der Waals surface area contributed by atoms with Crippen LogP contribution in [0.5, 0.6) is 5.75 Å². The number of fused-ring (bicyclic) bond motifs is 3. The summed E-state index contributed by atoms with van der Waals surface area (Å²) in [5.41, 5.74) is 2.77. The highest BCUT2D eigenvalue weighted by molar-refractivity contribution is 6.24. The van der Waals surface area contributed by atoms with Gasteiger partial charge >= 0.3 is 0 Å². The van der Waals surface area contributed by atoms with Gasteiger partial charge in [0.2, 0.25) is 5.78 Å². The van der Waals surface area contributed by atoms with E-state index in [4.69, 9.17) is 10.2 Å². The lowest BCUT2D eigenvalue weighted by Gasteiger charge is -2.50. The van der Waals surface area contributed by atoms with E-state index in [1.807, 2.05) is 6.07 Å². The average molecular weight is 550 g/mol. The summed E-state index contributed by atoms with van der Waals surface area (Å²) in [6.07, 6.45) is 2.49. The van der Waals surface area contributed by atoms with E-state index >= 15 is 0 Å². The number of furan rings is 1. The Kier molecular flexibility index (Phi) is 5.95. The number of rotatable bonds is 6. The summed E-state index contributed by atoms with van der Waals surface area (Å²) in [5.74, 6) is -5.53. The van der Waals surface area contributed by atoms with Gasteiger partial charge in [0.05, 0.1) is 18.2 Å². The van der Waals surface area contributed by atoms with Gasteiger partial charge in [0, 0.05) is 23.1 Å². The molecule has 1 amide bonds. The molecule has 4 atom stereocenters. The van der Waals surface area contributed by atoms with Crippen LogP contribution in [0.4, 0.5) is 0 Å². The molecule has 11 heteroatoms. The fraction of sp³-hybridized carbons (Fsp3) is 0.414. The first-order valence-corrected chi connectivity index (χ1v) is 13.3. The normalized spacial score (nSPS) is 28.1. The van der Waals surface area contributed by atoms with E-state index in [9.17, 15) is 34.8 Å². The molecule has 4 unspecified atom stereocenters. The third-order valence-corrected chi connectivity index (χ3v) is 8.68. The molecule has 0 radical (unpaired) electrons. The number of primary amides is 1. The number of ketones is 2. The number of benzene rings is 1. The molecule has 1 heterocycles. The molecule has 40 heavy (non-hydrogen) atoms. The van der Waals surface area contributed by atoms with E-state index in [1.165, 1.54) is 11.0 Å². The second-order valence-electron chi connectivity index (χ2n) is 11.4. The number of Topliss-reactive ketones (excluding diaryl/α,β-unsaturated/α-hetero) is 2. The standard InChI is InChI=1S/C29H31N3O8/c1-32(2)23-17-10-12-9-16-15(19-8-5-14(40-19)11-31-13-3-4-13)6-7-18(33)21(16)24(34)20(12)26(36)29(17,39)27(37)22(25(23)35)28(30)38/h5-8,12-13,17,23,31,33,35-36,39H,3-4,9-11H2,1-2H3,(H2,30,38). The molecule has 0 aliphatic heterocycles. The maximum absolute atomic E-state index is 13.9. The number of carbonyl (C=O) groups is 3. The zero-order valence-corrected chi connectivity index (χ0v) is 22.1. The van der Waals surface area contributed by atoms with Crippen LogP contribution in [-0.4, -0.2) is 74.6 Å². The van der Waals surface area contributed by atoms with Crippen molar-refractivity contribution in [2.45, 2.75) is 49.9 Å². The van der Waals surface area contributed by atoms with Crippen LogP contribution < -0.4 is 11.1 Å². The van der Waals surface area contributed by atoms with Crippen molar-refractivity contribution < 1.29 is 39.2 Å². The summed E-state index contributed by atoms with van der Waals surface area (Å²) >= 11 is 0. The molecule has 1 aromatic carbocycles. The van der Waals surface area contributed by atoms with Gasteiger partial charge in [0.1, 0.15) is 34.4 Å². The zero-order chi connectivity index (χ0) is 28.7. The van der Waals surface area contributed by atoms with Crippen LogP contribution in [0.3, 0.4) is 0 Å². The van der Waals surface area contributed by atoms with E-state index < -0.39 is 58.0 Å². The van der Waals surface area contributed by atoms with Crippen molar-refractivity contribution in [1.29, 1.82) is 0 Å². The lowest BCUT2D eigenvalue weighted by molar-refractivity contribution is -0.148. The molecule has 0 spiro atoms. The van der Waals surface area contributed by atoms with Crippen LogP contribution >= 0.6 is 0 Å². The number of likely N-dealkylation sites (N-methyl/N-ethyl adjacent to an activating group) is 1. The zero-order valence-electron chi connectivity index (χ0n) is 22.1. The van der Waals surface area contributed by atoms with E-state index in [0.717, 1.165) is 18.6 Å².